The summed E-state index contributed by atoms with van der Waals surface area (Å²) >= 11 is 5.79. The SMILES string of the molecule is CC(CC(N)=NO)NC(=O)Nc1cccc(Cl)c1. The van der Waals surface area contributed by atoms with Gasteiger partial charge in [-0.25, -0.2) is 4.79 Å². The van der Waals surface area contributed by atoms with Crippen molar-refractivity contribution in [1.29, 1.82) is 0 Å². The fraction of sp³-hybridized carbons (Fsp3) is 0.273. The maximum Gasteiger partial charge on any atom is 0.319 e. The molecule has 18 heavy (non-hydrogen) atoms. The van der Waals surface area contributed by atoms with Gasteiger partial charge >= 0.3 is 6.03 Å². The van der Waals surface area contributed by atoms with E-state index in [4.69, 9.17) is 22.5 Å². The monoisotopic (exact) mass is 270 g/mol. The first-order chi connectivity index (χ1) is 8.51. The van der Waals surface area contributed by atoms with E-state index >= 15 is 0 Å². The Morgan fingerprint density at radius 2 is 2.33 bits per heavy atom. The van der Waals surface area contributed by atoms with E-state index < -0.39 is 0 Å². The van der Waals surface area contributed by atoms with Crippen LogP contribution in [0.3, 0.4) is 0 Å². The summed E-state index contributed by atoms with van der Waals surface area (Å²) < 4.78 is 0. The Bertz CT molecular complexity index is 450. The van der Waals surface area contributed by atoms with Crippen LogP contribution in [-0.4, -0.2) is 23.1 Å². The lowest BCUT2D eigenvalue weighted by molar-refractivity contribution is 0.249. The lowest BCUT2D eigenvalue weighted by Crippen LogP contribution is -2.38. The molecule has 0 aliphatic heterocycles. The van der Waals surface area contributed by atoms with E-state index in [0.717, 1.165) is 0 Å². The van der Waals surface area contributed by atoms with Crippen LogP contribution in [0.25, 0.3) is 0 Å². The predicted octanol–water partition coefficient (Wildman–Crippen LogP) is 1.99. The molecule has 0 saturated carbocycles. The molecule has 1 atom stereocenters. The number of benzene rings is 1. The van der Waals surface area contributed by atoms with Gasteiger partial charge < -0.3 is 21.6 Å². The van der Waals surface area contributed by atoms with Crippen LogP contribution < -0.4 is 16.4 Å². The molecule has 7 heteroatoms. The first-order valence-corrected chi connectivity index (χ1v) is 5.68. The highest BCUT2D eigenvalue weighted by Gasteiger charge is 2.09. The first kappa shape index (κ1) is 14.1. The quantitative estimate of drug-likeness (QED) is 0.291. The highest BCUT2D eigenvalue weighted by molar-refractivity contribution is 6.30. The van der Waals surface area contributed by atoms with Gasteiger partial charge in [0.15, 0.2) is 0 Å². The third-order valence-electron chi connectivity index (χ3n) is 2.10. The van der Waals surface area contributed by atoms with E-state index in [2.05, 4.69) is 15.8 Å². The number of carbonyl (C=O) groups excluding carboxylic acids is 1. The topological polar surface area (TPSA) is 99.7 Å². The maximum absolute atomic E-state index is 11.6. The zero-order chi connectivity index (χ0) is 13.5. The molecule has 1 unspecified atom stereocenters. The normalized spacial score (nSPS) is 12.9. The van der Waals surface area contributed by atoms with E-state index in [0.29, 0.717) is 10.7 Å². The standard InChI is InChI=1S/C11H15ClN4O2/c1-7(5-10(13)16-18)14-11(17)15-9-4-2-3-8(12)6-9/h2-4,6-7,18H,5H2,1H3,(H2,13,16)(H2,14,15,17). The van der Waals surface area contributed by atoms with Crippen molar-refractivity contribution in [3.05, 3.63) is 29.3 Å². The van der Waals surface area contributed by atoms with Gasteiger partial charge in [-0.15, -0.1) is 0 Å². The molecular weight excluding hydrogens is 256 g/mol. The van der Waals surface area contributed by atoms with Gasteiger partial charge in [0.25, 0.3) is 0 Å². The van der Waals surface area contributed by atoms with E-state index in [1.54, 1.807) is 31.2 Å². The second-order valence-electron chi connectivity index (χ2n) is 3.81. The molecule has 0 aliphatic rings. The number of amides is 2. The van der Waals surface area contributed by atoms with Gasteiger partial charge in [0.1, 0.15) is 5.84 Å². The van der Waals surface area contributed by atoms with Crippen molar-refractivity contribution >= 4 is 29.2 Å². The third-order valence-corrected chi connectivity index (χ3v) is 2.34. The van der Waals surface area contributed by atoms with Crippen LogP contribution in [0, 0.1) is 0 Å². The van der Waals surface area contributed by atoms with Crippen molar-refractivity contribution in [3.63, 3.8) is 0 Å². The fourth-order valence-corrected chi connectivity index (χ4v) is 1.55. The third kappa shape index (κ3) is 4.92. The highest BCUT2D eigenvalue weighted by Crippen LogP contribution is 2.14. The summed E-state index contributed by atoms with van der Waals surface area (Å²) in [4.78, 5) is 11.6. The first-order valence-electron chi connectivity index (χ1n) is 5.30. The Balaban J connectivity index is 2.47. The smallest absolute Gasteiger partial charge is 0.319 e. The van der Waals surface area contributed by atoms with Crippen LogP contribution in [0.15, 0.2) is 29.4 Å². The molecule has 0 saturated heterocycles. The molecule has 1 aromatic rings. The lowest BCUT2D eigenvalue weighted by Gasteiger charge is -2.13. The van der Waals surface area contributed by atoms with Crippen LogP contribution in [0.4, 0.5) is 10.5 Å². The average molecular weight is 271 g/mol. The minimum absolute atomic E-state index is 0.0607. The summed E-state index contributed by atoms with van der Waals surface area (Å²) in [6, 6.07) is 6.17. The van der Waals surface area contributed by atoms with Crippen LogP contribution >= 0.6 is 11.6 Å². The second kappa shape index (κ2) is 6.70. The molecule has 0 aromatic heterocycles. The van der Waals surface area contributed by atoms with Crippen LogP contribution in [0.5, 0.6) is 0 Å². The molecule has 2 amide bonds. The number of hydrogen-bond acceptors (Lipinski definition) is 3. The molecule has 5 N–H and O–H groups in total. The van der Waals surface area contributed by atoms with E-state index in [1.165, 1.54) is 0 Å². The van der Waals surface area contributed by atoms with Gasteiger partial charge in [0.2, 0.25) is 0 Å². The molecule has 0 aliphatic carbocycles. The number of oxime groups is 1. The number of amidine groups is 1. The van der Waals surface area contributed by atoms with E-state index in [9.17, 15) is 4.79 Å². The Kier molecular flexibility index (Phi) is 5.26. The zero-order valence-electron chi connectivity index (χ0n) is 9.85. The Morgan fingerprint density at radius 1 is 1.61 bits per heavy atom. The van der Waals surface area contributed by atoms with Crippen molar-refractivity contribution in [1.82, 2.24) is 5.32 Å². The molecule has 0 radical (unpaired) electrons. The van der Waals surface area contributed by atoms with Crippen LogP contribution in [0.2, 0.25) is 5.02 Å². The molecule has 0 heterocycles. The predicted molar refractivity (Wildman–Crippen MR) is 71.1 cm³/mol. The number of hydrogen-bond donors (Lipinski definition) is 4. The molecule has 0 spiro atoms. The molecule has 0 fully saturated rings. The van der Waals surface area contributed by atoms with Gasteiger partial charge in [0, 0.05) is 23.2 Å². The number of carbonyl (C=O) groups is 1. The molecule has 98 valence electrons. The van der Waals surface area contributed by atoms with Crippen molar-refractivity contribution in [2.45, 2.75) is 19.4 Å². The number of nitrogens with two attached hydrogens (primary N) is 1. The Morgan fingerprint density at radius 3 is 2.94 bits per heavy atom. The molecular formula is C11H15ClN4O2. The van der Waals surface area contributed by atoms with E-state index in [1.807, 2.05) is 0 Å². The highest BCUT2D eigenvalue weighted by atomic mass is 35.5. The second-order valence-corrected chi connectivity index (χ2v) is 4.24. The van der Waals surface area contributed by atoms with Crippen LogP contribution in [0.1, 0.15) is 13.3 Å². The summed E-state index contributed by atoms with van der Waals surface area (Å²) in [7, 11) is 0. The van der Waals surface area contributed by atoms with Gasteiger partial charge in [0.05, 0.1) is 0 Å². The summed E-state index contributed by atoms with van der Waals surface area (Å²) in [5, 5.41) is 17.1. The lowest BCUT2D eigenvalue weighted by atomic mass is 10.2. The number of anilines is 1. The van der Waals surface area contributed by atoms with Crippen molar-refractivity contribution in [3.8, 4) is 0 Å². The summed E-state index contributed by atoms with van der Waals surface area (Å²) in [6.45, 7) is 1.75. The van der Waals surface area contributed by atoms with Gasteiger partial charge in [-0.1, -0.05) is 22.8 Å². The van der Waals surface area contributed by atoms with Crippen molar-refractivity contribution in [2.24, 2.45) is 10.9 Å². The van der Waals surface area contributed by atoms with Crippen molar-refractivity contribution < 1.29 is 10.0 Å². The largest absolute Gasteiger partial charge is 0.409 e. The Hall–Kier alpha value is -1.95. The summed E-state index contributed by atoms with van der Waals surface area (Å²) in [5.74, 6) is 0.0607. The number of halogens is 1. The van der Waals surface area contributed by atoms with E-state index in [-0.39, 0.29) is 24.3 Å². The Labute approximate surface area is 110 Å². The molecule has 6 nitrogen and oxygen atoms in total. The molecule has 1 aromatic carbocycles. The van der Waals surface area contributed by atoms with Gasteiger partial charge in [-0.05, 0) is 25.1 Å². The zero-order valence-corrected chi connectivity index (χ0v) is 10.6. The van der Waals surface area contributed by atoms with Gasteiger partial charge in [-0.2, -0.15) is 0 Å². The molecule has 1 rings (SSSR count). The average Bonchev–Trinajstić information content (AvgIpc) is 2.28. The summed E-state index contributed by atoms with van der Waals surface area (Å²) in [5.41, 5.74) is 5.93. The fourth-order valence-electron chi connectivity index (χ4n) is 1.36. The van der Waals surface area contributed by atoms with Gasteiger partial charge in [-0.3, -0.25) is 0 Å². The maximum atomic E-state index is 11.6. The summed E-state index contributed by atoms with van der Waals surface area (Å²) in [6.07, 6.45) is 0.263. The number of nitrogens with one attached hydrogen (secondary N) is 2. The molecule has 0 bridgehead atoms. The minimum Gasteiger partial charge on any atom is -0.409 e. The van der Waals surface area contributed by atoms with Crippen LogP contribution in [-0.2, 0) is 0 Å². The number of rotatable bonds is 4. The number of urea groups is 1. The number of nitrogens with zero attached hydrogens (tertiary/aromatic N) is 1. The van der Waals surface area contributed by atoms with Crippen molar-refractivity contribution in [2.75, 3.05) is 5.32 Å². The minimum atomic E-state index is -0.379.